The van der Waals surface area contributed by atoms with Crippen LogP contribution in [0.25, 0.3) is 0 Å². The zero-order valence-electron chi connectivity index (χ0n) is 9.98. The molecule has 1 N–H and O–H groups in total. The Morgan fingerprint density at radius 2 is 2.29 bits per heavy atom. The van der Waals surface area contributed by atoms with Gasteiger partial charge in [-0.25, -0.2) is 0 Å². The number of hydrogen-bond donors (Lipinski definition) is 1. The Hall–Kier alpha value is -1.03. The van der Waals surface area contributed by atoms with Crippen LogP contribution in [0.15, 0.2) is 18.2 Å². The second-order valence-corrected chi connectivity index (χ2v) is 5.82. The van der Waals surface area contributed by atoms with Crippen molar-refractivity contribution in [2.24, 2.45) is 5.41 Å². The molecule has 0 atom stereocenters. The van der Waals surface area contributed by atoms with Crippen molar-refractivity contribution in [3.63, 3.8) is 0 Å². The normalized spacial score (nSPS) is 16.8. The largest absolute Gasteiger partial charge is 0.481 e. The van der Waals surface area contributed by atoms with Gasteiger partial charge in [0, 0.05) is 11.4 Å². The molecule has 1 aromatic rings. The predicted molar refractivity (Wildman–Crippen MR) is 69.1 cm³/mol. The van der Waals surface area contributed by atoms with Gasteiger partial charge in [0.2, 0.25) is 0 Å². The van der Waals surface area contributed by atoms with E-state index in [4.69, 9.17) is 5.11 Å². The van der Waals surface area contributed by atoms with Crippen LogP contribution < -0.4 is 0 Å². The Morgan fingerprint density at radius 1 is 1.53 bits per heavy atom. The molecule has 0 unspecified atom stereocenters. The van der Waals surface area contributed by atoms with E-state index in [1.54, 1.807) is 11.8 Å². The zero-order valence-corrected chi connectivity index (χ0v) is 10.8. The highest BCUT2D eigenvalue weighted by Gasteiger charge is 2.43. The number of aromatic nitrogens is 1. The topological polar surface area (TPSA) is 50.2 Å². The maximum atomic E-state index is 10.7. The van der Waals surface area contributed by atoms with Gasteiger partial charge in [0.15, 0.2) is 0 Å². The molecule has 1 fully saturated rings. The van der Waals surface area contributed by atoms with E-state index in [-0.39, 0.29) is 5.41 Å². The molecule has 0 aliphatic heterocycles. The van der Waals surface area contributed by atoms with Gasteiger partial charge in [0.05, 0.1) is 12.1 Å². The summed E-state index contributed by atoms with van der Waals surface area (Å²) in [5.74, 6) is 1.15. The maximum Gasteiger partial charge on any atom is 0.303 e. The van der Waals surface area contributed by atoms with Crippen molar-refractivity contribution in [1.29, 1.82) is 0 Å². The molecule has 0 radical (unpaired) electrons. The number of aliphatic carboxylic acids is 1. The third-order valence-corrected chi connectivity index (χ3v) is 4.40. The van der Waals surface area contributed by atoms with E-state index >= 15 is 0 Å². The number of hydrogen-bond acceptors (Lipinski definition) is 3. The second kappa shape index (κ2) is 5.08. The molecule has 0 bridgehead atoms. The van der Waals surface area contributed by atoms with Gasteiger partial charge in [0.1, 0.15) is 0 Å². The Kier molecular flexibility index (Phi) is 3.72. The third kappa shape index (κ3) is 3.73. The van der Waals surface area contributed by atoms with Crippen molar-refractivity contribution < 1.29 is 9.90 Å². The summed E-state index contributed by atoms with van der Waals surface area (Å²) >= 11 is 1.80. The van der Waals surface area contributed by atoms with Gasteiger partial charge in [0.25, 0.3) is 0 Å². The second-order valence-electron chi connectivity index (χ2n) is 4.83. The lowest BCUT2D eigenvalue weighted by Gasteiger charge is -2.11. The molecule has 92 valence electrons. The summed E-state index contributed by atoms with van der Waals surface area (Å²) < 4.78 is 0. The fourth-order valence-corrected chi connectivity index (χ4v) is 3.22. The molecule has 1 aliphatic carbocycles. The molecule has 0 spiro atoms. The average molecular weight is 251 g/mol. The molecule has 1 heterocycles. The Labute approximate surface area is 106 Å². The molecule has 0 aromatic carbocycles. The zero-order chi connectivity index (χ0) is 12.3. The number of rotatable bonds is 6. The first-order chi connectivity index (χ1) is 8.10. The standard InChI is InChI=1S/C13H17NO2S/c1-10-3-2-4-11(14-10)8-17-9-13(5-6-13)7-12(15)16/h2-4H,5-9H2,1H3,(H,15,16). The lowest BCUT2D eigenvalue weighted by atomic mass is 10.1. The minimum atomic E-state index is -0.670. The molecule has 4 heteroatoms. The summed E-state index contributed by atoms with van der Waals surface area (Å²) in [6, 6.07) is 6.03. The van der Waals surface area contributed by atoms with Crippen LogP contribution in [0.3, 0.4) is 0 Å². The van der Waals surface area contributed by atoms with Gasteiger partial charge in [-0.15, -0.1) is 0 Å². The molecule has 3 nitrogen and oxygen atoms in total. The number of carboxylic acid groups (broad SMARTS) is 1. The van der Waals surface area contributed by atoms with Crippen LogP contribution in [0.1, 0.15) is 30.7 Å². The van der Waals surface area contributed by atoms with E-state index in [1.165, 1.54) is 0 Å². The quantitative estimate of drug-likeness (QED) is 0.844. The third-order valence-electron chi connectivity index (χ3n) is 3.09. The molecule has 1 saturated carbocycles. The van der Waals surface area contributed by atoms with Crippen molar-refractivity contribution in [3.8, 4) is 0 Å². The average Bonchev–Trinajstić information content (AvgIpc) is 2.97. The molecule has 1 aliphatic rings. The fraction of sp³-hybridized carbons (Fsp3) is 0.538. The van der Waals surface area contributed by atoms with Crippen LogP contribution in [0.2, 0.25) is 0 Å². The Balaban J connectivity index is 1.78. The van der Waals surface area contributed by atoms with Gasteiger partial charge < -0.3 is 5.11 Å². The van der Waals surface area contributed by atoms with Crippen LogP contribution >= 0.6 is 11.8 Å². The van der Waals surface area contributed by atoms with Crippen LogP contribution in [-0.4, -0.2) is 21.8 Å². The van der Waals surface area contributed by atoms with Gasteiger partial charge in [-0.05, 0) is 43.1 Å². The molecule has 2 rings (SSSR count). The lowest BCUT2D eigenvalue weighted by Crippen LogP contribution is -2.11. The van der Waals surface area contributed by atoms with Crippen LogP contribution in [0.4, 0.5) is 0 Å². The van der Waals surface area contributed by atoms with E-state index in [9.17, 15) is 4.79 Å². The summed E-state index contributed by atoms with van der Waals surface area (Å²) in [7, 11) is 0. The van der Waals surface area contributed by atoms with E-state index < -0.39 is 5.97 Å². The van der Waals surface area contributed by atoms with Crippen LogP contribution in [0, 0.1) is 12.3 Å². The minimum absolute atomic E-state index is 0.0837. The van der Waals surface area contributed by atoms with E-state index in [0.29, 0.717) is 6.42 Å². The van der Waals surface area contributed by atoms with E-state index in [2.05, 4.69) is 4.98 Å². The highest BCUT2D eigenvalue weighted by molar-refractivity contribution is 7.98. The summed E-state index contributed by atoms with van der Waals surface area (Å²) in [6.45, 7) is 1.99. The van der Waals surface area contributed by atoms with Crippen molar-refractivity contribution in [2.75, 3.05) is 5.75 Å². The van der Waals surface area contributed by atoms with E-state index in [1.807, 2.05) is 25.1 Å². The molecule has 1 aromatic heterocycles. The fourth-order valence-electron chi connectivity index (χ4n) is 1.92. The first-order valence-corrected chi connectivity index (χ1v) is 6.97. The van der Waals surface area contributed by atoms with Crippen molar-refractivity contribution in [3.05, 3.63) is 29.6 Å². The van der Waals surface area contributed by atoms with Crippen LogP contribution in [-0.2, 0) is 10.5 Å². The first-order valence-electron chi connectivity index (χ1n) is 5.82. The number of carbonyl (C=O) groups is 1. The highest BCUT2D eigenvalue weighted by atomic mass is 32.2. The highest BCUT2D eigenvalue weighted by Crippen LogP contribution is 2.51. The summed E-state index contributed by atoms with van der Waals surface area (Å²) in [5.41, 5.74) is 2.20. The molecule has 17 heavy (non-hydrogen) atoms. The molecule has 0 amide bonds. The number of thioether (sulfide) groups is 1. The Bertz CT molecular complexity index is 416. The number of nitrogens with zero attached hydrogens (tertiary/aromatic N) is 1. The van der Waals surface area contributed by atoms with Crippen molar-refractivity contribution in [1.82, 2.24) is 4.98 Å². The minimum Gasteiger partial charge on any atom is -0.481 e. The number of carboxylic acids is 1. The maximum absolute atomic E-state index is 10.7. The van der Waals surface area contributed by atoms with E-state index in [0.717, 1.165) is 35.7 Å². The monoisotopic (exact) mass is 251 g/mol. The number of aryl methyl sites for hydroxylation is 1. The Morgan fingerprint density at radius 3 is 2.88 bits per heavy atom. The van der Waals surface area contributed by atoms with Gasteiger partial charge in [-0.2, -0.15) is 11.8 Å². The summed E-state index contributed by atoms with van der Waals surface area (Å²) in [4.78, 5) is 15.1. The van der Waals surface area contributed by atoms with Crippen molar-refractivity contribution >= 4 is 17.7 Å². The van der Waals surface area contributed by atoms with Gasteiger partial charge in [-0.3, -0.25) is 9.78 Å². The van der Waals surface area contributed by atoms with Gasteiger partial charge >= 0.3 is 5.97 Å². The smallest absolute Gasteiger partial charge is 0.303 e. The summed E-state index contributed by atoms with van der Waals surface area (Å²) in [6.07, 6.45) is 2.45. The molecular formula is C13H17NO2S. The predicted octanol–water partition coefficient (Wildman–Crippen LogP) is 2.88. The van der Waals surface area contributed by atoms with Gasteiger partial charge in [-0.1, -0.05) is 6.07 Å². The summed E-state index contributed by atoms with van der Waals surface area (Å²) in [5, 5.41) is 8.82. The SMILES string of the molecule is Cc1cccc(CSCC2(CC(=O)O)CC2)n1. The van der Waals surface area contributed by atoms with Crippen molar-refractivity contribution in [2.45, 2.75) is 31.9 Å². The first kappa shape index (κ1) is 12.4. The molecular weight excluding hydrogens is 234 g/mol. The number of pyridine rings is 1. The lowest BCUT2D eigenvalue weighted by molar-refractivity contribution is -0.138. The molecule has 0 saturated heterocycles. The van der Waals surface area contributed by atoms with Crippen LogP contribution in [0.5, 0.6) is 0 Å².